The van der Waals surface area contributed by atoms with Crippen LogP contribution in [0.2, 0.25) is 0 Å². The van der Waals surface area contributed by atoms with Crippen molar-refractivity contribution in [2.45, 2.75) is 5.25 Å². The number of aromatic nitrogens is 1. The molecule has 7 nitrogen and oxygen atoms in total. The van der Waals surface area contributed by atoms with Crippen molar-refractivity contribution in [2.75, 3.05) is 25.5 Å². The van der Waals surface area contributed by atoms with E-state index in [1.165, 1.54) is 0 Å². The quantitative estimate of drug-likeness (QED) is 0.672. The van der Waals surface area contributed by atoms with Crippen molar-refractivity contribution in [3.63, 3.8) is 0 Å². The van der Waals surface area contributed by atoms with Gasteiger partial charge in [-0.2, -0.15) is 0 Å². The van der Waals surface area contributed by atoms with Crippen LogP contribution in [0.4, 0.5) is 5.69 Å². The van der Waals surface area contributed by atoms with Crippen LogP contribution in [0.15, 0.2) is 59.0 Å². The molecule has 0 saturated carbocycles. The monoisotopic (exact) mass is 386 g/mol. The summed E-state index contributed by atoms with van der Waals surface area (Å²) < 4.78 is 30.1. The van der Waals surface area contributed by atoms with E-state index in [-0.39, 0.29) is 12.2 Å². The number of oxazole rings is 1. The third-order valence-electron chi connectivity index (χ3n) is 4.24. The van der Waals surface area contributed by atoms with Crippen molar-refractivity contribution in [1.29, 1.82) is 0 Å². The van der Waals surface area contributed by atoms with Gasteiger partial charge in [0, 0.05) is 37.5 Å². The normalized spacial score (nSPS) is 12.7. The molecular formula is C19H22N4O3S. The predicted octanol–water partition coefficient (Wildman–Crippen LogP) is 2.36. The topological polar surface area (TPSA) is 115 Å². The van der Waals surface area contributed by atoms with E-state index in [0.29, 0.717) is 17.2 Å². The first kappa shape index (κ1) is 19.1. The van der Waals surface area contributed by atoms with Crippen LogP contribution in [0.3, 0.4) is 0 Å². The molecule has 27 heavy (non-hydrogen) atoms. The van der Waals surface area contributed by atoms with E-state index < -0.39 is 15.3 Å². The van der Waals surface area contributed by atoms with E-state index in [4.69, 9.17) is 15.3 Å². The van der Waals surface area contributed by atoms with Gasteiger partial charge in [-0.3, -0.25) is 0 Å². The second-order valence-corrected chi connectivity index (χ2v) is 8.10. The summed E-state index contributed by atoms with van der Waals surface area (Å²) in [6.45, 7) is -0.192. The number of anilines is 1. The minimum Gasteiger partial charge on any atom is -0.436 e. The molecule has 0 aliphatic heterocycles. The Hall–Kier alpha value is -2.68. The van der Waals surface area contributed by atoms with Crippen LogP contribution in [0.5, 0.6) is 0 Å². The Kier molecular flexibility index (Phi) is 5.31. The Labute approximate surface area is 158 Å². The fourth-order valence-corrected chi connectivity index (χ4v) is 3.51. The van der Waals surface area contributed by atoms with Gasteiger partial charge in [-0.05, 0) is 36.4 Å². The number of primary sulfonamides is 1. The summed E-state index contributed by atoms with van der Waals surface area (Å²) in [7, 11) is -0.0680. The highest BCUT2D eigenvalue weighted by Gasteiger charge is 2.30. The van der Waals surface area contributed by atoms with Gasteiger partial charge in [0.2, 0.25) is 15.9 Å². The number of benzene rings is 2. The zero-order valence-electron chi connectivity index (χ0n) is 15.2. The average Bonchev–Trinajstić information content (AvgIpc) is 3.07. The number of nitrogens with zero attached hydrogens (tertiary/aromatic N) is 2. The highest BCUT2D eigenvalue weighted by molar-refractivity contribution is 7.89. The number of rotatable bonds is 6. The molecule has 0 aliphatic rings. The maximum Gasteiger partial charge on any atom is 0.227 e. The molecule has 0 radical (unpaired) electrons. The summed E-state index contributed by atoms with van der Waals surface area (Å²) in [6, 6.07) is 16.8. The average molecular weight is 386 g/mol. The molecule has 1 aromatic heterocycles. The fourth-order valence-electron chi connectivity index (χ4n) is 2.77. The Morgan fingerprint density at radius 3 is 2.19 bits per heavy atom. The van der Waals surface area contributed by atoms with E-state index in [1.807, 2.05) is 73.6 Å². The van der Waals surface area contributed by atoms with Crippen molar-refractivity contribution in [2.24, 2.45) is 10.9 Å². The summed E-state index contributed by atoms with van der Waals surface area (Å²) in [5.41, 5.74) is 8.36. The van der Waals surface area contributed by atoms with Crippen molar-refractivity contribution >= 4 is 15.7 Å². The van der Waals surface area contributed by atoms with Crippen LogP contribution >= 0.6 is 0 Å². The molecule has 2 aromatic carbocycles. The smallest absolute Gasteiger partial charge is 0.227 e. The van der Waals surface area contributed by atoms with Crippen molar-refractivity contribution in [1.82, 2.24) is 4.98 Å². The van der Waals surface area contributed by atoms with Gasteiger partial charge in [0.15, 0.2) is 5.76 Å². The lowest BCUT2D eigenvalue weighted by Crippen LogP contribution is -2.28. The Balaban J connectivity index is 2.17. The van der Waals surface area contributed by atoms with Gasteiger partial charge in [-0.1, -0.05) is 18.2 Å². The molecule has 0 fully saturated rings. The first-order chi connectivity index (χ1) is 12.8. The summed E-state index contributed by atoms with van der Waals surface area (Å²) in [5, 5.41) is 4.23. The number of sulfonamides is 1. The largest absolute Gasteiger partial charge is 0.436 e. The van der Waals surface area contributed by atoms with E-state index in [0.717, 1.165) is 11.3 Å². The minimum atomic E-state index is -3.94. The Morgan fingerprint density at radius 2 is 1.67 bits per heavy atom. The van der Waals surface area contributed by atoms with Crippen molar-refractivity contribution in [3.8, 4) is 22.8 Å². The van der Waals surface area contributed by atoms with E-state index >= 15 is 0 Å². The second kappa shape index (κ2) is 7.51. The zero-order chi connectivity index (χ0) is 19.6. The van der Waals surface area contributed by atoms with Gasteiger partial charge < -0.3 is 15.1 Å². The summed E-state index contributed by atoms with van der Waals surface area (Å²) >= 11 is 0. The molecule has 4 N–H and O–H groups in total. The van der Waals surface area contributed by atoms with Crippen molar-refractivity contribution in [3.05, 3.63) is 60.3 Å². The van der Waals surface area contributed by atoms with E-state index in [1.54, 1.807) is 0 Å². The highest BCUT2D eigenvalue weighted by atomic mass is 32.2. The van der Waals surface area contributed by atoms with E-state index in [2.05, 4.69) is 4.98 Å². The van der Waals surface area contributed by atoms with Crippen LogP contribution < -0.4 is 15.8 Å². The summed E-state index contributed by atoms with van der Waals surface area (Å²) in [5.74, 6) is 0.669. The van der Waals surface area contributed by atoms with Crippen LogP contribution in [0, 0.1) is 0 Å². The molecule has 1 atom stereocenters. The molecule has 3 aromatic rings. The van der Waals surface area contributed by atoms with Crippen LogP contribution in [0.1, 0.15) is 10.9 Å². The molecule has 0 amide bonds. The molecule has 0 spiro atoms. The van der Waals surface area contributed by atoms with Crippen LogP contribution in [0.25, 0.3) is 22.8 Å². The van der Waals surface area contributed by atoms with Gasteiger partial charge in [-0.15, -0.1) is 0 Å². The fraction of sp³-hybridized carbons (Fsp3) is 0.211. The van der Waals surface area contributed by atoms with Crippen molar-refractivity contribution < 1.29 is 12.8 Å². The highest BCUT2D eigenvalue weighted by Crippen LogP contribution is 2.35. The standard InChI is InChI=1S/C19H22N4O3S/c1-23(2)15-10-8-13(9-11-15)18-17(16(12-20)27(21,24)25)22-19(26-18)14-6-4-3-5-7-14/h3-11,16H,12,20H2,1-2H3,(H2,21,24,25). The van der Waals surface area contributed by atoms with Gasteiger partial charge in [0.25, 0.3) is 0 Å². The molecule has 3 rings (SSSR count). The van der Waals surface area contributed by atoms with Gasteiger partial charge in [0.1, 0.15) is 10.9 Å². The third-order valence-corrected chi connectivity index (χ3v) is 5.44. The Morgan fingerprint density at radius 1 is 1.04 bits per heavy atom. The predicted molar refractivity (Wildman–Crippen MR) is 107 cm³/mol. The minimum absolute atomic E-state index is 0.192. The van der Waals surface area contributed by atoms with Crippen LogP contribution in [-0.2, 0) is 10.0 Å². The number of hydrogen-bond donors (Lipinski definition) is 2. The first-order valence-corrected chi connectivity index (χ1v) is 9.97. The van der Waals surface area contributed by atoms with Crippen LogP contribution in [-0.4, -0.2) is 34.0 Å². The van der Waals surface area contributed by atoms with Gasteiger partial charge in [-0.25, -0.2) is 18.5 Å². The first-order valence-electron chi connectivity index (χ1n) is 8.37. The number of hydrogen-bond acceptors (Lipinski definition) is 6. The third kappa shape index (κ3) is 4.02. The lowest BCUT2D eigenvalue weighted by Gasteiger charge is -2.13. The second-order valence-electron chi connectivity index (χ2n) is 6.35. The molecule has 142 valence electrons. The van der Waals surface area contributed by atoms with E-state index in [9.17, 15) is 8.42 Å². The van der Waals surface area contributed by atoms with Gasteiger partial charge >= 0.3 is 0 Å². The molecule has 0 aliphatic carbocycles. The molecular weight excluding hydrogens is 364 g/mol. The molecule has 1 heterocycles. The molecule has 0 bridgehead atoms. The number of nitrogens with two attached hydrogens (primary N) is 2. The molecule has 8 heteroatoms. The molecule has 0 saturated heterocycles. The summed E-state index contributed by atoms with van der Waals surface area (Å²) in [4.78, 5) is 6.40. The lowest BCUT2D eigenvalue weighted by molar-refractivity contribution is 0.576. The molecule has 1 unspecified atom stereocenters. The summed E-state index contributed by atoms with van der Waals surface area (Å²) in [6.07, 6.45) is 0. The maximum absolute atomic E-state index is 12.0. The van der Waals surface area contributed by atoms with Gasteiger partial charge in [0.05, 0.1) is 0 Å². The SMILES string of the molecule is CN(C)c1ccc(-c2oc(-c3ccccc3)nc2C(CN)S(N)(=O)=O)cc1. The zero-order valence-corrected chi connectivity index (χ0v) is 16.0. The lowest BCUT2D eigenvalue weighted by atomic mass is 10.1. The Bertz CT molecular complexity index is 1010. The maximum atomic E-state index is 12.0.